The second-order valence-corrected chi connectivity index (χ2v) is 5.04. The fourth-order valence-electron chi connectivity index (χ4n) is 1.86. The van der Waals surface area contributed by atoms with Crippen LogP contribution < -0.4 is 10.1 Å². The summed E-state index contributed by atoms with van der Waals surface area (Å²) in [5.74, 6) is 0.716. The van der Waals surface area contributed by atoms with E-state index in [4.69, 9.17) is 4.74 Å². The van der Waals surface area contributed by atoms with Crippen molar-refractivity contribution in [3.8, 4) is 5.75 Å². The second kappa shape index (κ2) is 5.74. The zero-order chi connectivity index (χ0) is 14.6. The molecule has 4 heteroatoms. The Hall–Kier alpha value is -2.36. The Bertz CT molecular complexity index is 577. The summed E-state index contributed by atoms with van der Waals surface area (Å²) in [5.41, 5.74) is 1.05. The maximum absolute atomic E-state index is 12.4. The molecule has 1 aromatic heterocycles. The molecule has 0 radical (unpaired) electrons. The third-order valence-corrected chi connectivity index (χ3v) is 3.32. The first-order valence-electron chi connectivity index (χ1n) is 6.40. The molecule has 0 aliphatic rings. The van der Waals surface area contributed by atoms with E-state index < -0.39 is 5.41 Å². The highest BCUT2D eigenvalue weighted by atomic mass is 16.5. The van der Waals surface area contributed by atoms with Crippen molar-refractivity contribution in [3.05, 3.63) is 54.4 Å². The highest BCUT2D eigenvalue weighted by Crippen LogP contribution is 2.26. The number of rotatable bonds is 4. The van der Waals surface area contributed by atoms with Gasteiger partial charge in [0.15, 0.2) is 0 Å². The van der Waals surface area contributed by atoms with Gasteiger partial charge in [-0.05, 0) is 43.7 Å². The van der Waals surface area contributed by atoms with Crippen LogP contribution in [0.25, 0.3) is 0 Å². The number of carbonyl (C=O) groups excluding carboxylic acids is 1. The number of nitrogens with one attached hydrogen (secondary N) is 1. The molecule has 1 amide bonds. The Balaban J connectivity index is 2.18. The number of methoxy groups -OCH3 is 1. The molecule has 1 N–H and O–H groups in total. The molecule has 104 valence electrons. The van der Waals surface area contributed by atoms with E-state index in [0.717, 1.165) is 17.0 Å². The Labute approximate surface area is 118 Å². The number of hydrogen-bond donors (Lipinski definition) is 1. The van der Waals surface area contributed by atoms with Crippen LogP contribution in [0.15, 0.2) is 48.8 Å². The smallest absolute Gasteiger partial charge is 0.234 e. The van der Waals surface area contributed by atoms with E-state index in [1.807, 2.05) is 38.1 Å². The van der Waals surface area contributed by atoms with E-state index in [1.54, 1.807) is 31.6 Å². The topological polar surface area (TPSA) is 51.2 Å². The lowest BCUT2D eigenvalue weighted by atomic mass is 9.83. The van der Waals surface area contributed by atoms with Crippen LogP contribution in [0.1, 0.15) is 19.4 Å². The van der Waals surface area contributed by atoms with Gasteiger partial charge in [-0.1, -0.05) is 12.1 Å². The SMILES string of the molecule is COc1ccc(C(C)(C)C(=O)Nc2ccncc2)cc1. The van der Waals surface area contributed by atoms with E-state index >= 15 is 0 Å². The highest BCUT2D eigenvalue weighted by molar-refractivity contribution is 5.98. The Morgan fingerprint density at radius 3 is 2.25 bits per heavy atom. The lowest BCUT2D eigenvalue weighted by molar-refractivity contribution is -0.120. The molecule has 0 unspecified atom stereocenters. The van der Waals surface area contributed by atoms with Crippen LogP contribution in [0.2, 0.25) is 0 Å². The summed E-state index contributed by atoms with van der Waals surface area (Å²) in [6.45, 7) is 3.79. The van der Waals surface area contributed by atoms with Crippen molar-refractivity contribution in [1.29, 1.82) is 0 Å². The summed E-state index contributed by atoms with van der Waals surface area (Å²) in [4.78, 5) is 16.4. The molecule has 0 saturated heterocycles. The molecule has 0 atom stereocenters. The summed E-state index contributed by atoms with van der Waals surface area (Å²) in [5, 5.41) is 2.90. The molecule has 0 aliphatic heterocycles. The molecule has 0 fully saturated rings. The zero-order valence-corrected chi connectivity index (χ0v) is 11.9. The molecule has 0 bridgehead atoms. The molecule has 2 aromatic rings. The van der Waals surface area contributed by atoms with Crippen LogP contribution in [0.5, 0.6) is 5.75 Å². The average Bonchev–Trinajstić information content (AvgIpc) is 2.48. The van der Waals surface area contributed by atoms with Gasteiger partial charge in [-0.3, -0.25) is 9.78 Å². The summed E-state index contributed by atoms with van der Waals surface area (Å²) in [6, 6.07) is 11.1. The first-order valence-corrected chi connectivity index (χ1v) is 6.40. The van der Waals surface area contributed by atoms with Crippen LogP contribution in [0, 0.1) is 0 Å². The molecule has 4 nitrogen and oxygen atoms in total. The van der Waals surface area contributed by atoms with E-state index in [1.165, 1.54) is 0 Å². The third kappa shape index (κ3) is 2.96. The largest absolute Gasteiger partial charge is 0.497 e. The number of anilines is 1. The monoisotopic (exact) mass is 270 g/mol. The van der Waals surface area contributed by atoms with Crippen molar-refractivity contribution in [2.45, 2.75) is 19.3 Å². The Morgan fingerprint density at radius 2 is 1.70 bits per heavy atom. The molecule has 1 aromatic carbocycles. The fraction of sp³-hybridized carbons (Fsp3) is 0.250. The van der Waals surface area contributed by atoms with E-state index in [0.29, 0.717) is 0 Å². The fourth-order valence-corrected chi connectivity index (χ4v) is 1.86. The van der Waals surface area contributed by atoms with Crippen LogP contribution >= 0.6 is 0 Å². The van der Waals surface area contributed by atoms with E-state index in [-0.39, 0.29) is 5.91 Å². The van der Waals surface area contributed by atoms with E-state index in [2.05, 4.69) is 10.3 Å². The number of nitrogens with zero attached hydrogens (tertiary/aromatic N) is 1. The first kappa shape index (κ1) is 14.1. The highest BCUT2D eigenvalue weighted by Gasteiger charge is 2.29. The van der Waals surface area contributed by atoms with Gasteiger partial charge in [0.05, 0.1) is 12.5 Å². The van der Waals surface area contributed by atoms with Gasteiger partial charge in [-0.15, -0.1) is 0 Å². The number of carbonyl (C=O) groups is 1. The molecule has 0 aliphatic carbocycles. The first-order chi connectivity index (χ1) is 9.54. The van der Waals surface area contributed by atoms with Gasteiger partial charge < -0.3 is 10.1 Å². The van der Waals surface area contributed by atoms with Gasteiger partial charge in [0.1, 0.15) is 5.75 Å². The number of hydrogen-bond acceptors (Lipinski definition) is 3. The summed E-state index contributed by atoms with van der Waals surface area (Å²) < 4.78 is 5.13. The molecule has 0 saturated carbocycles. The normalized spacial score (nSPS) is 10.9. The number of ether oxygens (including phenoxy) is 1. The summed E-state index contributed by atoms with van der Waals surface area (Å²) in [7, 11) is 1.62. The number of benzene rings is 1. The second-order valence-electron chi connectivity index (χ2n) is 5.04. The Morgan fingerprint density at radius 1 is 1.10 bits per heavy atom. The molecular weight excluding hydrogens is 252 g/mol. The lowest BCUT2D eigenvalue weighted by Gasteiger charge is -2.24. The van der Waals surface area contributed by atoms with Crippen LogP contribution in [0.4, 0.5) is 5.69 Å². The van der Waals surface area contributed by atoms with E-state index in [9.17, 15) is 4.79 Å². The number of aromatic nitrogens is 1. The maximum Gasteiger partial charge on any atom is 0.234 e. The minimum Gasteiger partial charge on any atom is -0.497 e. The molecule has 1 heterocycles. The molecule has 2 rings (SSSR count). The van der Waals surface area contributed by atoms with Crippen LogP contribution in [-0.4, -0.2) is 18.0 Å². The predicted octanol–water partition coefficient (Wildman–Crippen LogP) is 3.01. The van der Waals surface area contributed by atoms with Crippen molar-refractivity contribution in [2.24, 2.45) is 0 Å². The standard InChI is InChI=1S/C16H18N2O2/c1-16(2,12-4-6-14(20-3)7-5-12)15(19)18-13-8-10-17-11-9-13/h4-11H,1-3H3,(H,17,18,19). The zero-order valence-electron chi connectivity index (χ0n) is 11.9. The minimum atomic E-state index is -0.629. The van der Waals surface area contributed by atoms with Gasteiger partial charge in [0, 0.05) is 18.1 Å². The van der Waals surface area contributed by atoms with Gasteiger partial charge in [0.2, 0.25) is 5.91 Å². The van der Waals surface area contributed by atoms with Crippen molar-refractivity contribution in [2.75, 3.05) is 12.4 Å². The van der Waals surface area contributed by atoms with Gasteiger partial charge in [-0.25, -0.2) is 0 Å². The molecule has 20 heavy (non-hydrogen) atoms. The van der Waals surface area contributed by atoms with Crippen LogP contribution in [0.3, 0.4) is 0 Å². The van der Waals surface area contributed by atoms with Gasteiger partial charge >= 0.3 is 0 Å². The van der Waals surface area contributed by atoms with Crippen LogP contribution in [-0.2, 0) is 10.2 Å². The quantitative estimate of drug-likeness (QED) is 0.929. The minimum absolute atomic E-state index is 0.0612. The lowest BCUT2D eigenvalue weighted by Crippen LogP contribution is -2.34. The summed E-state index contributed by atoms with van der Waals surface area (Å²) in [6.07, 6.45) is 3.30. The summed E-state index contributed by atoms with van der Waals surface area (Å²) >= 11 is 0. The van der Waals surface area contributed by atoms with Crippen molar-refractivity contribution in [1.82, 2.24) is 4.98 Å². The molecule has 0 spiro atoms. The average molecular weight is 270 g/mol. The number of pyridine rings is 1. The van der Waals surface area contributed by atoms with Crippen molar-refractivity contribution < 1.29 is 9.53 Å². The number of amides is 1. The molecular formula is C16H18N2O2. The van der Waals surface area contributed by atoms with Crippen molar-refractivity contribution >= 4 is 11.6 Å². The van der Waals surface area contributed by atoms with Gasteiger partial charge in [-0.2, -0.15) is 0 Å². The maximum atomic E-state index is 12.4. The van der Waals surface area contributed by atoms with Gasteiger partial charge in [0.25, 0.3) is 0 Å². The van der Waals surface area contributed by atoms with Crippen molar-refractivity contribution in [3.63, 3.8) is 0 Å². The third-order valence-electron chi connectivity index (χ3n) is 3.32. The predicted molar refractivity (Wildman–Crippen MR) is 78.9 cm³/mol. The Kier molecular flexibility index (Phi) is 4.03.